The van der Waals surface area contributed by atoms with Gasteiger partial charge in [0.25, 0.3) is 0 Å². The lowest BCUT2D eigenvalue weighted by Crippen LogP contribution is -2.42. The van der Waals surface area contributed by atoms with Crippen LogP contribution in [0.5, 0.6) is 11.5 Å². The highest BCUT2D eigenvalue weighted by Gasteiger charge is 2.69. The predicted octanol–water partition coefficient (Wildman–Crippen LogP) is 9.03. The number of halogens is 3. The molecule has 6 nitrogen and oxygen atoms in total. The normalized spacial score (nSPS) is 27.8. The van der Waals surface area contributed by atoms with Crippen molar-refractivity contribution in [2.24, 2.45) is 29.6 Å². The molecule has 3 fully saturated rings. The minimum absolute atomic E-state index is 0.0127. The average Bonchev–Trinajstić information content (AvgIpc) is 3.76. The number of carbonyl (C=O) groups excluding carboxylic acids is 2. The van der Waals surface area contributed by atoms with Gasteiger partial charge in [0, 0.05) is 36.7 Å². The van der Waals surface area contributed by atoms with E-state index in [2.05, 4.69) is 11.1 Å². The summed E-state index contributed by atoms with van der Waals surface area (Å²) < 4.78 is 12.7. The SMILES string of the molecule is COc1cc(C2c3sc(=S)[nH]c3SC3C4CC(C5C(=O)N(c6ccc(Cl)cc6)C(=O)C45)C23)ccc1OCc1ccc(Cl)cc1Cl. The lowest BCUT2D eigenvalue weighted by molar-refractivity contribution is -0.123. The van der Waals surface area contributed by atoms with Gasteiger partial charge in [-0.3, -0.25) is 14.5 Å². The van der Waals surface area contributed by atoms with E-state index in [1.165, 1.54) is 9.78 Å². The Morgan fingerprint density at radius 1 is 0.933 bits per heavy atom. The summed E-state index contributed by atoms with van der Waals surface area (Å²) in [5.41, 5.74) is 2.47. The predicted molar refractivity (Wildman–Crippen MR) is 181 cm³/mol. The number of aromatic nitrogens is 1. The van der Waals surface area contributed by atoms with Gasteiger partial charge in [-0.15, -0.1) is 23.1 Å². The number of nitrogens with one attached hydrogen (secondary N) is 1. The number of ether oxygens (including phenoxy) is 2. The van der Waals surface area contributed by atoms with Crippen LogP contribution in [0.2, 0.25) is 15.1 Å². The molecule has 1 N–H and O–H groups in total. The van der Waals surface area contributed by atoms with Crippen molar-refractivity contribution in [1.82, 2.24) is 4.98 Å². The number of imide groups is 1. The number of carbonyl (C=O) groups is 2. The van der Waals surface area contributed by atoms with E-state index in [1.807, 2.05) is 18.2 Å². The van der Waals surface area contributed by atoms with Gasteiger partial charge in [0.15, 0.2) is 15.5 Å². The van der Waals surface area contributed by atoms with Crippen molar-refractivity contribution in [2.45, 2.75) is 29.2 Å². The van der Waals surface area contributed by atoms with E-state index in [9.17, 15) is 9.59 Å². The van der Waals surface area contributed by atoms with Gasteiger partial charge < -0.3 is 14.5 Å². The topological polar surface area (TPSA) is 71.6 Å². The third-order valence-corrected chi connectivity index (χ3v) is 13.5. The van der Waals surface area contributed by atoms with Gasteiger partial charge in [-0.25, -0.2) is 0 Å². The van der Waals surface area contributed by atoms with Crippen LogP contribution in [0.1, 0.15) is 28.3 Å². The number of fused-ring (bicyclic) bond motifs is 9. The van der Waals surface area contributed by atoms with E-state index in [1.54, 1.807) is 66.6 Å². The molecule has 2 saturated carbocycles. The Morgan fingerprint density at radius 3 is 2.40 bits per heavy atom. The van der Waals surface area contributed by atoms with Crippen LogP contribution in [0.15, 0.2) is 65.7 Å². The maximum Gasteiger partial charge on any atom is 0.238 e. The van der Waals surface area contributed by atoms with Gasteiger partial charge in [-0.1, -0.05) is 46.9 Å². The maximum atomic E-state index is 14.0. The fourth-order valence-corrected chi connectivity index (χ4v) is 11.9. The standard InChI is InChI=1S/C33H25Cl3N2O4S3/c1-41-23-10-14(3-9-22(23)42-13-15-2-4-17(35)11-21(15)36)24-25-19-12-20(28(25)44-30-29(24)45-33(43)37-30)27-26(19)31(39)38(32(27)40)18-7-5-16(34)6-8-18/h2-11,19-20,24-28H,12-13H2,1H3,(H,37,43). The lowest BCUT2D eigenvalue weighted by atomic mass is 9.68. The molecule has 2 amide bonds. The van der Waals surface area contributed by atoms with Crippen molar-refractivity contribution in [1.29, 1.82) is 0 Å². The Balaban J connectivity index is 1.14. The molecule has 1 aromatic heterocycles. The van der Waals surface area contributed by atoms with E-state index >= 15 is 0 Å². The molecule has 12 heteroatoms. The number of hydrogen-bond donors (Lipinski definition) is 1. The van der Waals surface area contributed by atoms with Crippen molar-refractivity contribution in [3.63, 3.8) is 0 Å². The second-order valence-electron chi connectivity index (χ2n) is 11.9. The minimum Gasteiger partial charge on any atom is -0.493 e. The molecule has 2 aliphatic carbocycles. The number of hydrogen-bond acceptors (Lipinski definition) is 7. The third kappa shape index (κ3) is 4.76. The second-order valence-corrected chi connectivity index (χ2v) is 16.1. The number of benzene rings is 3. The number of thioether (sulfide) groups is 1. The maximum absolute atomic E-state index is 14.0. The van der Waals surface area contributed by atoms with Crippen LogP contribution in [0, 0.1) is 33.5 Å². The number of thiazole rings is 1. The zero-order valence-electron chi connectivity index (χ0n) is 23.7. The first kappa shape index (κ1) is 29.8. The number of anilines is 1. The smallest absolute Gasteiger partial charge is 0.238 e. The molecule has 7 unspecified atom stereocenters. The van der Waals surface area contributed by atoms with Crippen LogP contribution in [-0.4, -0.2) is 29.2 Å². The third-order valence-electron chi connectivity index (χ3n) is 9.75. The molecule has 2 aliphatic heterocycles. The van der Waals surface area contributed by atoms with E-state index in [0.29, 0.717) is 32.3 Å². The Morgan fingerprint density at radius 2 is 1.67 bits per heavy atom. The molecule has 0 spiro atoms. The van der Waals surface area contributed by atoms with Crippen molar-refractivity contribution in [3.8, 4) is 11.5 Å². The Labute approximate surface area is 288 Å². The van der Waals surface area contributed by atoms with Gasteiger partial charge in [0.2, 0.25) is 11.8 Å². The number of methoxy groups -OCH3 is 1. The van der Waals surface area contributed by atoms with Crippen LogP contribution in [-0.2, 0) is 16.2 Å². The Bertz CT molecular complexity index is 1930. The van der Waals surface area contributed by atoms with E-state index in [-0.39, 0.29) is 59.2 Å². The Hall–Kier alpha value is -2.53. The summed E-state index contributed by atoms with van der Waals surface area (Å²) in [6.45, 7) is 0.257. The summed E-state index contributed by atoms with van der Waals surface area (Å²) in [6.07, 6.45) is 0.857. The largest absolute Gasteiger partial charge is 0.493 e. The molecule has 230 valence electrons. The molecular formula is C33H25Cl3N2O4S3. The lowest BCUT2D eigenvalue weighted by Gasteiger charge is -2.43. The second kappa shape index (κ2) is 11.3. The van der Waals surface area contributed by atoms with Gasteiger partial charge in [0.05, 0.1) is 29.7 Å². The molecule has 4 aliphatic rings. The van der Waals surface area contributed by atoms with Crippen LogP contribution in [0.4, 0.5) is 5.69 Å². The fourth-order valence-electron chi connectivity index (χ4n) is 8.03. The van der Waals surface area contributed by atoms with E-state index in [0.717, 1.165) is 26.5 Å². The quantitative estimate of drug-likeness (QED) is 0.159. The number of H-pyrrole nitrogens is 1. The zero-order chi connectivity index (χ0) is 31.1. The highest BCUT2D eigenvalue weighted by Crippen LogP contribution is 2.69. The minimum atomic E-state index is -0.343. The Kier molecular flexibility index (Phi) is 7.51. The van der Waals surface area contributed by atoms with E-state index < -0.39 is 0 Å². The monoisotopic (exact) mass is 714 g/mol. The first-order chi connectivity index (χ1) is 21.7. The number of nitrogens with zero attached hydrogens (tertiary/aromatic N) is 1. The van der Waals surface area contributed by atoms with E-state index in [4.69, 9.17) is 56.5 Å². The van der Waals surface area contributed by atoms with Crippen molar-refractivity contribution in [3.05, 3.63) is 95.7 Å². The van der Waals surface area contributed by atoms with Gasteiger partial charge in [0.1, 0.15) is 6.61 Å². The first-order valence-electron chi connectivity index (χ1n) is 14.5. The first-order valence-corrected chi connectivity index (χ1v) is 17.7. The van der Waals surface area contributed by atoms with Gasteiger partial charge in [-0.05, 0) is 90.5 Å². The van der Waals surface area contributed by atoms with Crippen LogP contribution in [0.25, 0.3) is 0 Å². The summed E-state index contributed by atoms with van der Waals surface area (Å²) in [4.78, 5) is 33.9. The molecule has 3 heterocycles. The molecule has 4 aromatic rings. The fraction of sp³-hybridized carbons (Fsp3) is 0.303. The molecule has 0 radical (unpaired) electrons. The molecular weight excluding hydrogens is 691 g/mol. The van der Waals surface area contributed by atoms with Crippen molar-refractivity contribution >= 4 is 87.6 Å². The molecule has 1 saturated heterocycles. The number of aromatic amines is 1. The van der Waals surface area contributed by atoms with Gasteiger partial charge >= 0.3 is 0 Å². The summed E-state index contributed by atoms with van der Waals surface area (Å²) in [5, 5.41) is 2.89. The zero-order valence-corrected chi connectivity index (χ0v) is 28.4. The average molecular weight is 716 g/mol. The molecule has 2 bridgehead atoms. The van der Waals surface area contributed by atoms with Gasteiger partial charge in [-0.2, -0.15) is 0 Å². The highest BCUT2D eigenvalue weighted by atomic mass is 35.5. The van der Waals surface area contributed by atoms with Crippen LogP contribution in [0.3, 0.4) is 0 Å². The highest BCUT2D eigenvalue weighted by molar-refractivity contribution is 8.00. The molecule has 7 atom stereocenters. The van der Waals surface area contributed by atoms with Crippen LogP contribution >= 0.6 is 70.1 Å². The molecule has 8 rings (SSSR count). The summed E-state index contributed by atoms with van der Waals surface area (Å²) in [7, 11) is 1.63. The number of amides is 2. The summed E-state index contributed by atoms with van der Waals surface area (Å²) >= 11 is 27.5. The summed E-state index contributed by atoms with van der Waals surface area (Å²) in [5.74, 6) is 0.645. The van der Waals surface area contributed by atoms with Crippen molar-refractivity contribution in [2.75, 3.05) is 12.0 Å². The summed E-state index contributed by atoms with van der Waals surface area (Å²) in [6, 6.07) is 18.3. The number of rotatable bonds is 6. The molecule has 45 heavy (non-hydrogen) atoms. The van der Waals surface area contributed by atoms with Crippen LogP contribution < -0.4 is 14.4 Å². The molecule has 3 aromatic carbocycles. The van der Waals surface area contributed by atoms with Crippen molar-refractivity contribution < 1.29 is 19.1 Å².